The van der Waals surface area contributed by atoms with Crippen LogP contribution < -0.4 is 5.32 Å². The number of nitrogens with zero attached hydrogens (tertiary/aromatic N) is 1. The Bertz CT molecular complexity index is 1490. The van der Waals surface area contributed by atoms with Gasteiger partial charge in [-0.25, -0.2) is 4.98 Å². The fourth-order valence-electron chi connectivity index (χ4n) is 3.60. The number of hydrogen-bond acceptors (Lipinski definition) is 4. The molecule has 0 unspecified atom stereocenters. The predicted octanol–water partition coefficient (Wildman–Crippen LogP) is 7.89. The smallest absolute Gasteiger partial charge is 0.267 e. The summed E-state index contributed by atoms with van der Waals surface area (Å²) in [5.41, 5.74) is 5.16. The molecule has 154 valence electrons. The third-order valence-electron chi connectivity index (χ3n) is 4.99. The molecule has 0 spiro atoms. The zero-order chi connectivity index (χ0) is 21.7. The number of carbonyl (C=O) groups is 1. The number of halogens is 2. The molecule has 0 aliphatic rings. The number of anilines is 1. The number of benzene rings is 3. The number of hydrogen-bond donors (Lipinski definition) is 1. The Morgan fingerprint density at radius 1 is 1.06 bits per heavy atom. The number of aryl methyl sites for hydroxylation is 2. The van der Waals surface area contributed by atoms with Gasteiger partial charge in [-0.15, -0.1) is 11.3 Å². The van der Waals surface area contributed by atoms with Gasteiger partial charge in [0.1, 0.15) is 10.4 Å². The lowest BCUT2D eigenvalue weighted by molar-refractivity contribution is 0.103. The fraction of sp³-hybridized carbons (Fsp3) is 0.0833. The van der Waals surface area contributed by atoms with E-state index in [-0.39, 0.29) is 5.91 Å². The highest BCUT2D eigenvalue weighted by Gasteiger charge is 2.18. The normalized spacial score (nSPS) is 11.4. The number of fused-ring (bicyclic) bond motifs is 2. The number of carbonyl (C=O) groups excluding carboxylic acids is 1. The molecule has 1 amide bonds. The van der Waals surface area contributed by atoms with E-state index in [9.17, 15) is 4.79 Å². The standard InChI is InChI=1S/C24H16Cl2N2O2S/c1-12-8-13(2)21-18(9-12)28-24(30-21)14-4-3-5-16(10-14)27-23(29)22-20(26)17-7-6-15(25)11-19(17)31-22/h3-11H,1-2H3,(H,27,29). The summed E-state index contributed by atoms with van der Waals surface area (Å²) >= 11 is 13.8. The largest absolute Gasteiger partial charge is 0.436 e. The molecule has 0 aliphatic heterocycles. The Kier molecular flexibility index (Phi) is 4.97. The molecule has 5 rings (SSSR count). The van der Waals surface area contributed by atoms with Gasteiger partial charge >= 0.3 is 0 Å². The number of aromatic nitrogens is 1. The lowest BCUT2D eigenvalue weighted by Gasteiger charge is -2.05. The van der Waals surface area contributed by atoms with Gasteiger partial charge in [-0.3, -0.25) is 4.79 Å². The van der Waals surface area contributed by atoms with Gasteiger partial charge in [-0.1, -0.05) is 41.4 Å². The van der Waals surface area contributed by atoms with Crippen molar-refractivity contribution in [1.29, 1.82) is 0 Å². The van der Waals surface area contributed by atoms with Crippen LogP contribution in [0.1, 0.15) is 20.8 Å². The van der Waals surface area contributed by atoms with E-state index in [1.165, 1.54) is 11.3 Å². The molecular weight excluding hydrogens is 451 g/mol. The van der Waals surface area contributed by atoms with E-state index < -0.39 is 0 Å². The van der Waals surface area contributed by atoms with Gasteiger partial charge in [0.05, 0.1) is 5.02 Å². The van der Waals surface area contributed by atoms with Crippen molar-refractivity contribution in [3.05, 3.63) is 80.6 Å². The van der Waals surface area contributed by atoms with Crippen LogP contribution >= 0.6 is 34.5 Å². The van der Waals surface area contributed by atoms with Crippen LogP contribution in [-0.2, 0) is 0 Å². The quantitative estimate of drug-likeness (QED) is 0.294. The molecule has 0 saturated carbocycles. The molecule has 0 atom stereocenters. The molecule has 3 aromatic carbocycles. The molecule has 0 aliphatic carbocycles. The molecule has 0 saturated heterocycles. The first-order chi connectivity index (χ1) is 14.9. The summed E-state index contributed by atoms with van der Waals surface area (Å²) < 4.78 is 6.87. The summed E-state index contributed by atoms with van der Waals surface area (Å²) in [5, 5.41) is 4.77. The van der Waals surface area contributed by atoms with Crippen LogP contribution in [-0.4, -0.2) is 10.9 Å². The Morgan fingerprint density at radius 2 is 1.90 bits per heavy atom. The number of amides is 1. The lowest BCUT2D eigenvalue weighted by atomic mass is 10.1. The van der Waals surface area contributed by atoms with Crippen LogP contribution in [0.15, 0.2) is 59.0 Å². The molecule has 0 radical (unpaired) electrons. The summed E-state index contributed by atoms with van der Waals surface area (Å²) in [6, 6.07) is 16.9. The Balaban J connectivity index is 1.46. The molecule has 2 heterocycles. The first-order valence-electron chi connectivity index (χ1n) is 9.56. The van der Waals surface area contributed by atoms with Crippen molar-refractivity contribution in [1.82, 2.24) is 4.98 Å². The summed E-state index contributed by atoms with van der Waals surface area (Å²) in [6.45, 7) is 4.03. The van der Waals surface area contributed by atoms with Crippen molar-refractivity contribution in [2.24, 2.45) is 0 Å². The SMILES string of the molecule is Cc1cc(C)c2oc(-c3cccc(NC(=O)c4sc5cc(Cl)ccc5c4Cl)c3)nc2c1. The monoisotopic (exact) mass is 466 g/mol. The van der Waals surface area contributed by atoms with Crippen molar-refractivity contribution in [2.45, 2.75) is 13.8 Å². The highest BCUT2D eigenvalue weighted by atomic mass is 35.5. The van der Waals surface area contributed by atoms with E-state index >= 15 is 0 Å². The molecular formula is C24H16Cl2N2O2S. The highest BCUT2D eigenvalue weighted by Crippen LogP contribution is 2.37. The van der Waals surface area contributed by atoms with Crippen LogP contribution in [0.4, 0.5) is 5.69 Å². The summed E-state index contributed by atoms with van der Waals surface area (Å²) in [6.07, 6.45) is 0. The van der Waals surface area contributed by atoms with E-state index in [1.54, 1.807) is 6.07 Å². The minimum Gasteiger partial charge on any atom is -0.436 e. The average Bonchev–Trinajstić information content (AvgIpc) is 3.29. The summed E-state index contributed by atoms with van der Waals surface area (Å²) in [5.74, 6) is 0.234. The fourth-order valence-corrected chi connectivity index (χ4v) is 5.29. The summed E-state index contributed by atoms with van der Waals surface area (Å²) in [7, 11) is 0. The number of oxazole rings is 1. The van der Waals surface area contributed by atoms with Crippen LogP contribution in [0.5, 0.6) is 0 Å². The second-order valence-electron chi connectivity index (χ2n) is 7.37. The van der Waals surface area contributed by atoms with Crippen molar-refractivity contribution < 1.29 is 9.21 Å². The maximum absolute atomic E-state index is 12.9. The number of nitrogens with one attached hydrogen (secondary N) is 1. The second-order valence-corrected chi connectivity index (χ2v) is 9.24. The minimum absolute atomic E-state index is 0.275. The first-order valence-corrected chi connectivity index (χ1v) is 11.1. The molecule has 5 aromatic rings. The molecule has 0 fully saturated rings. The summed E-state index contributed by atoms with van der Waals surface area (Å²) in [4.78, 5) is 18.0. The third-order valence-corrected chi connectivity index (χ3v) is 6.88. The van der Waals surface area contributed by atoms with Crippen LogP contribution in [0.3, 0.4) is 0 Å². The van der Waals surface area contributed by atoms with E-state index in [0.29, 0.717) is 26.5 Å². The van der Waals surface area contributed by atoms with Gasteiger partial charge in [0.2, 0.25) is 5.89 Å². The second kappa shape index (κ2) is 7.68. The van der Waals surface area contributed by atoms with Crippen molar-refractivity contribution in [3.63, 3.8) is 0 Å². The Hall–Kier alpha value is -2.86. The minimum atomic E-state index is -0.275. The zero-order valence-corrected chi connectivity index (χ0v) is 19.0. The Labute approximate surface area is 192 Å². The lowest BCUT2D eigenvalue weighted by Crippen LogP contribution is -2.10. The molecule has 4 nitrogen and oxygen atoms in total. The molecule has 31 heavy (non-hydrogen) atoms. The van der Waals surface area contributed by atoms with Crippen LogP contribution in [0, 0.1) is 13.8 Å². The molecule has 1 N–H and O–H groups in total. The number of thiophene rings is 1. The van der Waals surface area contributed by atoms with Crippen molar-refractivity contribution in [2.75, 3.05) is 5.32 Å². The van der Waals surface area contributed by atoms with Gasteiger partial charge in [-0.2, -0.15) is 0 Å². The predicted molar refractivity (Wildman–Crippen MR) is 129 cm³/mol. The van der Waals surface area contributed by atoms with Gasteiger partial charge < -0.3 is 9.73 Å². The average molecular weight is 467 g/mol. The van der Waals surface area contributed by atoms with Gasteiger partial charge in [0.15, 0.2) is 5.58 Å². The van der Waals surface area contributed by atoms with Crippen LogP contribution in [0.25, 0.3) is 32.6 Å². The van der Waals surface area contributed by atoms with E-state index in [1.807, 2.05) is 56.3 Å². The third kappa shape index (κ3) is 3.69. The van der Waals surface area contributed by atoms with Crippen molar-refractivity contribution in [3.8, 4) is 11.5 Å². The zero-order valence-electron chi connectivity index (χ0n) is 16.6. The Morgan fingerprint density at radius 3 is 2.74 bits per heavy atom. The van der Waals surface area contributed by atoms with Gasteiger partial charge in [0.25, 0.3) is 5.91 Å². The molecule has 7 heteroatoms. The van der Waals surface area contributed by atoms with E-state index in [2.05, 4.69) is 16.4 Å². The van der Waals surface area contributed by atoms with Crippen LogP contribution in [0.2, 0.25) is 10.0 Å². The van der Waals surface area contributed by atoms with E-state index in [4.69, 9.17) is 27.6 Å². The first kappa shape index (κ1) is 20.1. The van der Waals surface area contributed by atoms with E-state index in [0.717, 1.165) is 37.9 Å². The molecule has 2 aromatic heterocycles. The van der Waals surface area contributed by atoms with Gasteiger partial charge in [0, 0.05) is 26.4 Å². The highest BCUT2D eigenvalue weighted by molar-refractivity contribution is 7.21. The maximum atomic E-state index is 12.9. The molecule has 0 bridgehead atoms. The number of rotatable bonds is 3. The van der Waals surface area contributed by atoms with Gasteiger partial charge in [-0.05, 0) is 61.4 Å². The van der Waals surface area contributed by atoms with Crippen molar-refractivity contribution >= 4 is 67.3 Å². The maximum Gasteiger partial charge on any atom is 0.267 e. The topological polar surface area (TPSA) is 55.1 Å².